The van der Waals surface area contributed by atoms with Crippen LogP contribution in [-0.4, -0.2) is 60.6 Å². The van der Waals surface area contributed by atoms with Gasteiger partial charge in [0.2, 0.25) is 0 Å². The molecule has 2 unspecified atom stereocenters. The molecule has 0 bridgehead atoms. The zero-order valence-electron chi connectivity index (χ0n) is 11.7. The van der Waals surface area contributed by atoms with Gasteiger partial charge in [-0.2, -0.15) is 5.26 Å². The Morgan fingerprint density at radius 3 is 2.63 bits per heavy atom. The Bertz CT molecular complexity index is 339. The van der Waals surface area contributed by atoms with Crippen LogP contribution in [0, 0.1) is 11.3 Å². The average Bonchev–Trinajstić information content (AvgIpc) is 2.49. The first-order valence-corrected chi connectivity index (χ1v) is 7.30. The molecule has 2 saturated heterocycles. The van der Waals surface area contributed by atoms with E-state index in [1.54, 1.807) is 0 Å². The molecule has 2 rings (SSSR count). The van der Waals surface area contributed by atoms with E-state index in [2.05, 4.69) is 11.0 Å². The minimum atomic E-state index is -0.224. The summed E-state index contributed by atoms with van der Waals surface area (Å²) in [6, 6.07) is 2.32. The third kappa shape index (κ3) is 3.46. The highest BCUT2D eigenvalue weighted by Gasteiger charge is 2.30. The van der Waals surface area contributed by atoms with Crippen LogP contribution in [0.2, 0.25) is 0 Å². The van der Waals surface area contributed by atoms with Crippen molar-refractivity contribution < 1.29 is 9.53 Å². The van der Waals surface area contributed by atoms with Crippen molar-refractivity contribution >= 4 is 5.91 Å². The van der Waals surface area contributed by atoms with Crippen LogP contribution < -0.4 is 0 Å². The van der Waals surface area contributed by atoms with Crippen molar-refractivity contribution in [1.82, 2.24) is 9.80 Å². The fourth-order valence-corrected chi connectivity index (χ4v) is 2.82. The van der Waals surface area contributed by atoms with Crippen molar-refractivity contribution in [2.75, 3.05) is 32.8 Å². The van der Waals surface area contributed by atoms with E-state index in [1.807, 2.05) is 11.8 Å². The van der Waals surface area contributed by atoms with E-state index in [-0.39, 0.29) is 18.1 Å². The molecule has 2 heterocycles. The molecule has 0 saturated carbocycles. The number of nitriles is 1. The number of carbonyl (C=O) groups is 1. The molecule has 0 aromatic rings. The maximum absolute atomic E-state index is 12.3. The number of hydrogen-bond donors (Lipinski definition) is 0. The number of carbonyl (C=O) groups excluding carboxylic acids is 1. The minimum Gasteiger partial charge on any atom is -0.368 e. The molecule has 0 spiro atoms. The van der Waals surface area contributed by atoms with Gasteiger partial charge < -0.3 is 9.64 Å². The van der Waals surface area contributed by atoms with Crippen LogP contribution in [-0.2, 0) is 9.53 Å². The maximum Gasteiger partial charge on any atom is 0.251 e. The van der Waals surface area contributed by atoms with Gasteiger partial charge in [0.05, 0.1) is 12.1 Å². The third-order valence-electron chi connectivity index (χ3n) is 4.06. The smallest absolute Gasteiger partial charge is 0.251 e. The molecule has 5 nitrogen and oxygen atoms in total. The number of rotatable bonds is 3. The number of amides is 1. The predicted octanol–water partition coefficient (Wildman–Crippen LogP) is 1.00. The quantitative estimate of drug-likeness (QED) is 0.764. The van der Waals surface area contributed by atoms with Crippen molar-refractivity contribution in [2.45, 2.75) is 44.8 Å². The standard InChI is InChI=1S/C14H23N3O2/c1-2-12(11-15)16-6-8-17(9-7-16)14(18)13-5-3-4-10-19-13/h12-13H,2-10H2,1H3. The molecule has 2 atom stereocenters. The van der Waals surface area contributed by atoms with Crippen molar-refractivity contribution in [1.29, 1.82) is 5.26 Å². The van der Waals surface area contributed by atoms with E-state index in [0.717, 1.165) is 51.9 Å². The van der Waals surface area contributed by atoms with Gasteiger partial charge in [0.15, 0.2) is 0 Å². The molecule has 2 aliphatic heterocycles. The lowest BCUT2D eigenvalue weighted by Gasteiger charge is -2.38. The average molecular weight is 265 g/mol. The first-order valence-electron chi connectivity index (χ1n) is 7.30. The molecule has 0 aromatic carbocycles. The largest absolute Gasteiger partial charge is 0.368 e. The molecule has 1 amide bonds. The number of hydrogen-bond acceptors (Lipinski definition) is 4. The summed E-state index contributed by atoms with van der Waals surface area (Å²) in [5, 5.41) is 9.07. The summed E-state index contributed by atoms with van der Waals surface area (Å²) >= 11 is 0. The van der Waals surface area contributed by atoms with Gasteiger partial charge >= 0.3 is 0 Å². The Morgan fingerprint density at radius 1 is 1.37 bits per heavy atom. The molecular formula is C14H23N3O2. The van der Waals surface area contributed by atoms with Crippen molar-refractivity contribution in [3.05, 3.63) is 0 Å². The van der Waals surface area contributed by atoms with Crippen molar-refractivity contribution in [3.63, 3.8) is 0 Å². The summed E-state index contributed by atoms with van der Waals surface area (Å²) < 4.78 is 5.55. The van der Waals surface area contributed by atoms with E-state index < -0.39 is 0 Å². The van der Waals surface area contributed by atoms with Crippen molar-refractivity contribution in [2.24, 2.45) is 0 Å². The van der Waals surface area contributed by atoms with Gasteiger partial charge in [0.25, 0.3) is 5.91 Å². The first-order chi connectivity index (χ1) is 9.26. The first kappa shape index (κ1) is 14.3. The third-order valence-corrected chi connectivity index (χ3v) is 4.06. The van der Waals surface area contributed by atoms with Gasteiger partial charge in [0, 0.05) is 32.8 Å². The van der Waals surface area contributed by atoms with Crippen LogP contribution >= 0.6 is 0 Å². The summed E-state index contributed by atoms with van der Waals surface area (Å²) in [5.74, 6) is 0.143. The summed E-state index contributed by atoms with van der Waals surface area (Å²) in [5.41, 5.74) is 0. The lowest BCUT2D eigenvalue weighted by molar-refractivity contribution is -0.148. The Balaban J connectivity index is 1.82. The molecule has 2 fully saturated rings. The highest BCUT2D eigenvalue weighted by Crippen LogP contribution is 2.17. The maximum atomic E-state index is 12.3. The number of piperazine rings is 1. The van der Waals surface area contributed by atoms with Gasteiger partial charge in [-0.05, 0) is 25.7 Å². The Kier molecular flexibility index (Phi) is 5.17. The van der Waals surface area contributed by atoms with Crippen LogP contribution in [0.4, 0.5) is 0 Å². The van der Waals surface area contributed by atoms with E-state index in [4.69, 9.17) is 10.00 Å². The van der Waals surface area contributed by atoms with Gasteiger partial charge in [-0.3, -0.25) is 9.69 Å². The van der Waals surface area contributed by atoms with Crippen LogP contribution in [0.3, 0.4) is 0 Å². The van der Waals surface area contributed by atoms with Gasteiger partial charge in [0.1, 0.15) is 6.10 Å². The summed E-state index contributed by atoms with van der Waals surface area (Å²) in [7, 11) is 0. The summed E-state index contributed by atoms with van der Waals surface area (Å²) in [4.78, 5) is 16.4. The predicted molar refractivity (Wildman–Crippen MR) is 71.4 cm³/mol. The zero-order valence-corrected chi connectivity index (χ0v) is 11.7. The molecule has 0 aromatic heterocycles. The lowest BCUT2D eigenvalue weighted by atomic mass is 10.1. The van der Waals surface area contributed by atoms with Crippen molar-refractivity contribution in [3.8, 4) is 6.07 Å². The Morgan fingerprint density at radius 2 is 2.11 bits per heavy atom. The fourth-order valence-electron chi connectivity index (χ4n) is 2.82. The monoisotopic (exact) mass is 265 g/mol. The molecule has 0 N–H and O–H groups in total. The SMILES string of the molecule is CCC(C#N)N1CCN(C(=O)C2CCCCO2)CC1. The van der Waals surface area contributed by atoms with Crippen LogP contribution in [0.25, 0.3) is 0 Å². The van der Waals surface area contributed by atoms with Crippen LogP contribution in [0.5, 0.6) is 0 Å². The second-order valence-electron chi connectivity index (χ2n) is 5.27. The molecule has 0 radical (unpaired) electrons. The number of nitrogens with zero attached hydrogens (tertiary/aromatic N) is 3. The second-order valence-corrected chi connectivity index (χ2v) is 5.27. The minimum absolute atomic E-state index is 0.0109. The molecule has 19 heavy (non-hydrogen) atoms. The summed E-state index contributed by atoms with van der Waals surface area (Å²) in [6.45, 7) is 5.77. The highest BCUT2D eigenvalue weighted by molar-refractivity contribution is 5.81. The Labute approximate surface area is 115 Å². The molecule has 2 aliphatic rings. The molecule has 0 aliphatic carbocycles. The number of ether oxygens (including phenoxy) is 1. The lowest BCUT2D eigenvalue weighted by Crippen LogP contribution is -2.54. The fraction of sp³-hybridized carbons (Fsp3) is 0.857. The highest BCUT2D eigenvalue weighted by atomic mass is 16.5. The second kappa shape index (κ2) is 6.88. The van der Waals surface area contributed by atoms with Gasteiger partial charge in [-0.1, -0.05) is 6.92 Å². The van der Waals surface area contributed by atoms with E-state index in [0.29, 0.717) is 6.61 Å². The topological polar surface area (TPSA) is 56.6 Å². The summed E-state index contributed by atoms with van der Waals surface area (Å²) in [6.07, 6.45) is 3.63. The zero-order chi connectivity index (χ0) is 13.7. The van der Waals surface area contributed by atoms with E-state index in [1.165, 1.54) is 0 Å². The Hall–Kier alpha value is -1.12. The van der Waals surface area contributed by atoms with Gasteiger partial charge in [-0.15, -0.1) is 0 Å². The van der Waals surface area contributed by atoms with Crippen LogP contribution in [0.15, 0.2) is 0 Å². The van der Waals surface area contributed by atoms with E-state index >= 15 is 0 Å². The van der Waals surface area contributed by atoms with E-state index in [9.17, 15) is 4.79 Å². The molecule has 5 heteroatoms. The van der Waals surface area contributed by atoms with Crippen LogP contribution in [0.1, 0.15) is 32.6 Å². The normalized spacial score (nSPS) is 26.7. The molecule has 106 valence electrons. The molecular weight excluding hydrogens is 242 g/mol. The van der Waals surface area contributed by atoms with Gasteiger partial charge in [-0.25, -0.2) is 0 Å².